The molecule has 1 aromatic carbocycles. The van der Waals surface area contributed by atoms with E-state index in [2.05, 4.69) is 27.7 Å². The Morgan fingerprint density at radius 3 is 2.52 bits per heavy atom. The Morgan fingerprint density at radius 1 is 1.21 bits per heavy atom. The zero-order valence-electron chi connectivity index (χ0n) is 17.7. The molecule has 2 atom stereocenters. The summed E-state index contributed by atoms with van der Waals surface area (Å²) in [5, 5.41) is 19.9. The van der Waals surface area contributed by atoms with Gasteiger partial charge in [0, 0.05) is 5.56 Å². The Hall–Kier alpha value is -1.57. The Bertz CT molecular complexity index is 931. The summed E-state index contributed by atoms with van der Waals surface area (Å²) in [5.74, 6) is -0.169. The van der Waals surface area contributed by atoms with Crippen molar-refractivity contribution < 1.29 is 27.4 Å². The number of rotatable bonds is 5. The van der Waals surface area contributed by atoms with Crippen LogP contribution in [0.1, 0.15) is 70.9 Å². The summed E-state index contributed by atoms with van der Waals surface area (Å²) in [6.07, 6.45) is 5.91. The second-order valence-electron chi connectivity index (χ2n) is 9.56. The zero-order valence-corrected chi connectivity index (χ0v) is 18.5. The van der Waals surface area contributed by atoms with E-state index in [1.165, 1.54) is 23.6 Å². The first-order valence-corrected chi connectivity index (χ1v) is 11.6. The van der Waals surface area contributed by atoms with E-state index in [4.69, 9.17) is 4.18 Å². The van der Waals surface area contributed by atoms with E-state index >= 15 is 0 Å². The van der Waals surface area contributed by atoms with Crippen LogP contribution in [0, 0.1) is 16.7 Å². The van der Waals surface area contributed by atoms with Gasteiger partial charge < -0.3 is 14.4 Å². The van der Waals surface area contributed by atoms with Gasteiger partial charge in [0.2, 0.25) is 0 Å². The molecule has 0 bridgehead atoms. The van der Waals surface area contributed by atoms with Gasteiger partial charge in [0.25, 0.3) is 0 Å². The lowest BCUT2D eigenvalue weighted by atomic mass is 9.50. The standard InChI is InChI=1S/C22H32O6S/c1-14-6-7-19-21(2,3)8-5-9-22(19,4)17(14)12-16-10-15(13-23)11-18(24)20(16)28-29(25,26)27/h10-11,19,23-24H,5-9,12-13H2,1-4H3,(H,25,26,27)/t19?,22-/m1/s1. The molecule has 6 nitrogen and oxygen atoms in total. The number of fused-ring (bicyclic) bond motifs is 1. The van der Waals surface area contributed by atoms with Gasteiger partial charge in [-0.2, -0.15) is 8.42 Å². The van der Waals surface area contributed by atoms with Crippen molar-refractivity contribution in [3.63, 3.8) is 0 Å². The van der Waals surface area contributed by atoms with E-state index in [-0.39, 0.29) is 23.2 Å². The molecule has 0 saturated heterocycles. The smallest absolute Gasteiger partial charge is 0.446 e. The third-order valence-electron chi connectivity index (χ3n) is 7.19. The number of hydrogen-bond acceptors (Lipinski definition) is 5. The number of aliphatic hydroxyl groups is 1. The minimum absolute atomic E-state index is 0.0235. The Balaban J connectivity index is 2.09. The number of benzene rings is 1. The predicted octanol–water partition coefficient (Wildman–Crippen LogP) is 4.55. The van der Waals surface area contributed by atoms with Gasteiger partial charge in [-0.3, -0.25) is 4.55 Å². The highest BCUT2D eigenvalue weighted by Crippen LogP contribution is 2.60. The van der Waals surface area contributed by atoms with Crippen LogP contribution in [0.25, 0.3) is 0 Å². The van der Waals surface area contributed by atoms with Crippen molar-refractivity contribution in [1.82, 2.24) is 0 Å². The van der Waals surface area contributed by atoms with Crippen LogP contribution >= 0.6 is 0 Å². The Kier molecular flexibility index (Phi) is 5.80. The number of aliphatic hydroxyl groups excluding tert-OH is 1. The van der Waals surface area contributed by atoms with Crippen molar-refractivity contribution in [3.05, 3.63) is 34.4 Å². The van der Waals surface area contributed by atoms with Crippen LogP contribution < -0.4 is 4.18 Å². The van der Waals surface area contributed by atoms with Crippen LogP contribution in [-0.2, 0) is 23.4 Å². The van der Waals surface area contributed by atoms with Crippen LogP contribution in [0.5, 0.6) is 11.5 Å². The molecule has 162 valence electrons. The van der Waals surface area contributed by atoms with Gasteiger partial charge >= 0.3 is 10.4 Å². The van der Waals surface area contributed by atoms with E-state index < -0.39 is 16.1 Å². The van der Waals surface area contributed by atoms with Gasteiger partial charge in [0.15, 0.2) is 11.5 Å². The summed E-state index contributed by atoms with van der Waals surface area (Å²) < 4.78 is 36.6. The molecule has 1 saturated carbocycles. The van der Waals surface area contributed by atoms with Crippen molar-refractivity contribution >= 4 is 10.4 Å². The average molecular weight is 425 g/mol. The molecule has 0 amide bonds. The molecule has 1 unspecified atom stereocenters. The zero-order chi connectivity index (χ0) is 21.6. The number of hydrogen-bond donors (Lipinski definition) is 3. The molecule has 0 aliphatic heterocycles. The van der Waals surface area contributed by atoms with E-state index in [1.54, 1.807) is 6.07 Å². The summed E-state index contributed by atoms with van der Waals surface area (Å²) in [4.78, 5) is 0. The molecule has 1 aromatic rings. The van der Waals surface area contributed by atoms with Crippen LogP contribution in [-0.4, -0.2) is 23.2 Å². The minimum Gasteiger partial charge on any atom is -0.504 e. The molecule has 2 aliphatic carbocycles. The van der Waals surface area contributed by atoms with Gasteiger partial charge in [-0.05, 0) is 73.5 Å². The molecule has 0 spiro atoms. The molecular formula is C22H32O6S. The summed E-state index contributed by atoms with van der Waals surface area (Å²) in [6, 6.07) is 2.89. The highest BCUT2D eigenvalue weighted by molar-refractivity contribution is 7.81. The van der Waals surface area contributed by atoms with Crippen molar-refractivity contribution in [1.29, 1.82) is 0 Å². The molecule has 3 rings (SSSR count). The fourth-order valence-electron chi connectivity index (χ4n) is 5.90. The first-order valence-electron chi connectivity index (χ1n) is 10.2. The summed E-state index contributed by atoms with van der Waals surface area (Å²) in [6.45, 7) is 8.79. The Labute approximate surface area is 173 Å². The lowest BCUT2D eigenvalue weighted by Gasteiger charge is -2.55. The lowest BCUT2D eigenvalue weighted by Crippen LogP contribution is -2.45. The third-order valence-corrected chi connectivity index (χ3v) is 7.56. The van der Waals surface area contributed by atoms with Crippen molar-refractivity contribution in [2.45, 2.75) is 72.8 Å². The van der Waals surface area contributed by atoms with Crippen molar-refractivity contribution in [3.8, 4) is 11.5 Å². The number of phenols is 1. The predicted molar refractivity (Wildman–Crippen MR) is 111 cm³/mol. The Morgan fingerprint density at radius 2 is 1.90 bits per heavy atom. The van der Waals surface area contributed by atoms with E-state index in [0.29, 0.717) is 23.5 Å². The SMILES string of the molecule is CC1=C(Cc2cc(CO)cc(O)c2OS(=O)(=O)O)[C@@]2(C)CCCC(C)(C)C2CC1. The number of phenolic OH excluding ortho intramolecular Hbond substituents is 1. The average Bonchev–Trinajstić information content (AvgIpc) is 2.58. The maximum Gasteiger partial charge on any atom is 0.446 e. The molecule has 2 aliphatic rings. The maximum absolute atomic E-state index is 11.4. The van der Waals surface area contributed by atoms with Gasteiger partial charge in [-0.1, -0.05) is 38.3 Å². The molecular weight excluding hydrogens is 392 g/mol. The molecule has 7 heteroatoms. The van der Waals surface area contributed by atoms with Crippen LogP contribution in [0.3, 0.4) is 0 Å². The summed E-state index contributed by atoms with van der Waals surface area (Å²) in [7, 11) is -4.79. The van der Waals surface area contributed by atoms with Crippen LogP contribution in [0.4, 0.5) is 0 Å². The first-order chi connectivity index (χ1) is 13.4. The van der Waals surface area contributed by atoms with E-state index in [9.17, 15) is 23.2 Å². The largest absolute Gasteiger partial charge is 0.504 e. The molecule has 0 radical (unpaired) electrons. The normalized spacial score (nSPS) is 26.9. The fourth-order valence-corrected chi connectivity index (χ4v) is 6.30. The van der Waals surface area contributed by atoms with Gasteiger partial charge in [-0.15, -0.1) is 0 Å². The third kappa shape index (κ3) is 4.32. The molecule has 29 heavy (non-hydrogen) atoms. The molecule has 0 heterocycles. The second-order valence-corrected chi connectivity index (χ2v) is 10.6. The van der Waals surface area contributed by atoms with Crippen molar-refractivity contribution in [2.24, 2.45) is 16.7 Å². The fraction of sp³-hybridized carbons (Fsp3) is 0.636. The van der Waals surface area contributed by atoms with Crippen molar-refractivity contribution in [2.75, 3.05) is 0 Å². The van der Waals surface area contributed by atoms with E-state index in [0.717, 1.165) is 25.7 Å². The number of allylic oxidation sites excluding steroid dienone is 2. The molecule has 3 N–H and O–H groups in total. The number of aromatic hydroxyl groups is 1. The second kappa shape index (κ2) is 7.60. The molecule has 1 fully saturated rings. The lowest BCUT2D eigenvalue weighted by molar-refractivity contribution is 0.0112. The van der Waals surface area contributed by atoms with Crippen LogP contribution in [0.15, 0.2) is 23.3 Å². The maximum atomic E-state index is 11.4. The first kappa shape index (κ1) is 22.1. The highest BCUT2D eigenvalue weighted by atomic mass is 32.3. The minimum atomic E-state index is -4.79. The van der Waals surface area contributed by atoms with E-state index in [1.807, 2.05) is 0 Å². The van der Waals surface area contributed by atoms with Crippen LogP contribution in [0.2, 0.25) is 0 Å². The summed E-state index contributed by atoms with van der Waals surface area (Å²) in [5.41, 5.74) is 3.64. The summed E-state index contributed by atoms with van der Waals surface area (Å²) >= 11 is 0. The monoisotopic (exact) mass is 424 g/mol. The quantitative estimate of drug-likeness (QED) is 0.473. The van der Waals surface area contributed by atoms with Gasteiger partial charge in [0.1, 0.15) is 0 Å². The topological polar surface area (TPSA) is 104 Å². The van der Waals surface area contributed by atoms with Gasteiger partial charge in [0.05, 0.1) is 6.61 Å². The molecule has 0 aromatic heterocycles. The highest BCUT2D eigenvalue weighted by Gasteiger charge is 2.50. The van der Waals surface area contributed by atoms with Gasteiger partial charge in [-0.25, -0.2) is 0 Å².